The molecule has 1 aromatic carbocycles. The Bertz CT molecular complexity index is 752. The molecule has 6 heteroatoms. The van der Waals surface area contributed by atoms with Gasteiger partial charge in [0.15, 0.2) is 6.10 Å². The summed E-state index contributed by atoms with van der Waals surface area (Å²) in [4.78, 5) is 17.0. The summed E-state index contributed by atoms with van der Waals surface area (Å²) in [5, 5.41) is 4.09. The molecule has 4 rings (SSSR count). The third-order valence-corrected chi connectivity index (χ3v) is 4.83. The van der Waals surface area contributed by atoms with Crippen LogP contribution in [0.15, 0.2) is 34.9 Å². The molecule has 1 saturated heterocycles. The molecule has 0 saturated carbocycles. The third kappa shape index (κ3) is 3.34. The average Bonchev–Trinajstić information content (AvgIpc) is 3.06. The van der Waals surface area contributed by atoms with Gasteiger partial charge in [0.25, 0.3) is 5.91 Å². The number of benzene rings is 1. The summed E-state index contributed by atoms with van der Waals surface area (Å²) in [6, 6.07) is 9.79. The van der Waals surface area contributed by atoms with Crippen LogP contribution in [0.5, 0.6) is 5.75 Å². The van der Waals surface area contributed by atoms with Crippen LogP contribution in [0.1, 0.15) is 30.7 Å². The Morgan fingerprint density at radius 3 is 2.80 bits per heavy atom. The van der Waals surface area contributed by atoms with E-state index in [0.29, 0.717) is 13.1 Å². The summed E-state index contributed by atoms with van der Waals surface area (Å²) in [7, 11) is 0. The SMILES string of the molecule is Cc1cc(CN2C[C@@H](C(=O)N3CCCCC3)Oc3ccccc32)no1. The van der Waals surface area contributed by atoms with Crippen molar-refractivity contribution in [1.82, 2.24) is 10.1 Å². The maximum atomic E-state index is 12.9. The highest BCUT2D eigenvalue weighted by Crippen LogP contribution is 2.34. The average molecular weight is 341 g/mol. The fourth-order valence-corrected chi connectivity index (χ4v) is 3.59. The molecule has 0 bridgehead atoms. The van der Waals surface area contributed by atoms with Crippen molar-refractivity contribution in [3.05, 3.63) is 41.8 Å². The van der Waals surface area contributed by atoms with E-state index in [4.69, 9.17) is 9.26 Å². The normalized spacial score (nSPS) is 20.1. The predicted octanol–water partition coefficient (Wildman–Crippen LogP) is 2.76. The van der Waals surface area contributed by atoms with Gasteiger partial charge in [0.05, 0.1) is 18.8 Å². The topological polar surface area (TPSA) is 58.8 Å². The van der Waals surface area contributed by atoms with Gasteiger partial charge in [0.1, 0.15) is 17.2 Å². The van der Waals surface area contributed by atoms with E-state index in [9.17, 15) is 4.79 Å². The van der Waals surface area contributed by atoms with Crippen LogP contribution in [0.3, 0.4) is 0 Å². The van der Waals surface area contributed by atoms with Crippen LogP contribution in [-0.2, 0) is 11.3 Å². The Kier molecular flexibility index (Phi) is 4.34. The molecule has 0 aliphatic carbocycles. The zero-order valence-electron chi connectivity index (χ0n) is 14.5. The number of ether oxygens (including phenoxy) is 1. The molecular formula is C19H23N3O3. The molecule has 1 aromatic heterocycles. The van der Waals surface area contributed by atoms with E-state index >= 15 is 0 Å². The highest BCUT2D eigenvalue weighted by molar-refractivity contribution is 5.83. The number of nitrogens with zero attached hydrogens (tertiary/aromatic N) is 3. The first-order valence-electron chi connectivity index (χ1n) is 8.92. The number of likely N-dealkylation sites (tertiary alicyclic amines) is 1. The largest absolute Gasteiger partial charge is 0.477 e. The number of anilines is 1. The van der Waals surface area contributed by atoms with Gasteiger partial charge in [-0.25, -0.2) is 0 Å². The first-order chi connectivity index (χ1) is 12.2. The fourth-order valence-electron chi connectivity index (χ4n) is 3.59. The van der Waals surface area contributed by atoms with Gasteiger partial charge in [-0.15, -0.1) is 0 Å². The van der Waals surface area contributed by atoms with Gasteiger partial charge in [-0.3, -0.25) is 4.79 Å². The van der Waals surface area contributed by atoms with Crippen molar-refractivity contribution < 1.29 is 14.1 Å². The lowest BCUT2D eigenvalue weighted by atomic mass is 10.1. The van der Waals surface area contributed by atoms with Gasteiger partial charge in [0.2, 0.25) is 0 Å². The predicted molar refractivity (Wildman–Crippen MR) is 93.6 cm³/mol. The van der Waals surface area contributed by atoms with Crippen molar-refractivity contribution in [3.63, 3.8) is 0 Å². The van der Waals surface area contributed by atoms with E-state index in [1.807, 2.05) is 42.2 Å². The number of rotatable bonds is 3. The molecule has 0 N–H and O–H groups in total. The molecule has 2 aliphatic rings. The van der Waals surface area contributed by atoms with E-state index in [1.165, 1.54) is 6.42 Å². The summed E-state index contributed by atoms with van der Waals surface area (Å²) in [6.45, 7) is 4.68. The second-order valence-electron chi connectivity index (χ2n) is 6.77. The molecule has 1 atom stereocenters. The van der Waals surface area contributed by atoms with Crippen molar-refractivity contribution in [1.29, 1.82) is 0 Å². The van der Waals surface area contributed by atoms with Gasteiger partial charge < -0.3 is 19.1 Å². The summed E-state index contributed by atoms with van der Waals surface area (Å²) >= 11 is 0. The maximum absolute atomic E-state index is 12.9. The summed E-state index contributed by atoms with van der Waals surface area (Å²) in [5.74, 6) is 1.64. The van der Waals surface area contributed by atoms with E-state index < -0.39 is 6.10 Å². The van der Waals surface area contributed by atoms with Gasteiger partial charge >= 0.3 is 0 Å². The Labute approximate surface area is 147 Å². The second-order valence-corrected chi connectivity index (χ2v) is 6.77. The lowest BCUT2D eigenvalue weighted by Crippen LogP contribution is -2.51. The fraction of sp³-hybridized carbons (Fsp3) is 0.474. The highest BCUT2D eigenvalue weighted by atomic mass is 16.5. The highest BCUT2D eigenvalue weighted by Gasteiger charge is 2.34. The van der Waals surface area contributed by atoms with Crippen molar-refractivity contribution in [2.75, 3.05) is 24.5 Å². The molecule has 6 nitrogen and oxygen atoms in total. The number of para-hydroxylation sites is 2. The van der Waals surface area contributed by atoms with Crippen LogP contribution in [0, 0.1) is 6.92 Å². The minimum Gasteiger partial charge on any atom is -0.477 e. The van der Waals surface area contributed by atoms with Gasteiger partial charge in [0, 0.05) is 19.2 Å². The van der Waals surface area contributed by atoms with E-state index in [-0.39, 0.29) is 5.91 Å². The van der Waals surface area contributed by atoms with Crippen molar-refractivity contribution >= 4 is 11.6 Å². The Balaban J connectivity index is 1.56. The zero-order chi connectivity index (χ0) is 17.2. The van der Waals surface area contributed by atoms with Gasteiger partial charge in [-0.1, -0.05) is 17.3 Å². The molecule has 25 heavy (non-hydrogen) atoms. The van der Waals surface area contributed by atoms with Crippen LogP contribution < -0.4 is 9.64 Å². The van der Waals surface area contributed by atoms with E-state index in [2.05, 4.69) is 10.1 Å². The number of aryl methyl sites for hydroxylation is 1. The standard InChI is InChI=1S/C19H23N3O3/c1-14-11-15(20-25-14)12-22-13-18(19(23)21-9-5-2-6-10-21)24-17-8-4-3-7-16(17)22/h3-4,7-8,11,18H,2,5-6,9-10,12-13H2,1H3/t18-/m0/s1. The zero-order valence-corrected chi connectivity index (χ0v) is 14.5. The smallest absolute Gasteiger partial charge is 0.265 e. The molecule has 0 radical (unpaired) electrons. The van der Waals surface area contributed by atoms with E-state index in [1.54, 1.807) is 0 Å². The Hall–Kier alpha value is -2.50. The molecule has 132 valence electrons. The van der Waals surface area contributed by atoms with Crippen molar-refractivity contribution in [3.8, 4) is 5.75 Å². The van der Waals surface area contributed by atoms with Crippen molar-refractivity contribution in [2.45, 2.75) is 38.8 Å². The van der Waals surface area contributed by atoms with Crippen LogP contribution in [0.4, 0.5) is 5.69 Å². The molecule has 3 heterocycles. The minimum absolute atomic E-state index is 0.0931. The molecular weight excluding hydrogens is 318 g/mol. The maximum Gasteiger partial charge on any atom is 0.265 e. The lowest BCUT2D eigenvalue weighted by molar-refractivity contribution is -0.139. The monoisotopic (exact) mass is 341 g/mol. The first kappa shape index (κ1) is 16.0. The summed E-state index contributed by atoms with van der Waals surface area (Å²) in [5.41, 5.74) is 1.85. The third-order valence-electron chi connectivity index (χ3n) is 4.83. The summed E-state index contributed by atoms with van der Waals surface area (Å²) in [6.07, 6.45) is 2.89. The molecule has 0 spiro atoms. The quantitative estimate of drug-likeness (QED) is 0.859. The molecule has 1 fully saturated rings. The van der Waals surface area contributed by atoms with Crippen LogP contribution >= 0.6 is 0 Å². The van der Waals surface area contributed by atoms with Gasteiger partial charge in [-0.2, -0.15) is 0 Å². The molecule has 1 amide bonds. The lowest BCUT2D eigenvalue weighted by Gasteiger charge is -2.38. The first-order valence-corrected chi connectivity index (χ1v) is 8.92. The Morgan fingerprint density at radius 2 is 2.04 bits per heavy atom. The number of carbonyl (C=O) groups is 1. The number of carbonyl (C=O) groups excluding carboxylic acids is 1. The molecule has 0 unspecified atom stereocenters. The number of hydrogen-bond donors (Lipinski definition) is 0. The summed E-state index contributed by atoms with van der Waals surface area (Å²) < 4.78 is 11.2. The van der Waals surface area contributed by atoms with Crippen LogP contribution in [0.25, 0.3) is 0 Å². The van der Waals surface area contributed by atoms with E-state index in [0.717, 1.165) is 48.8 Å². The number of aromatic nitrogens is 1. The van der Waals surface area contributed by atoms with Crippen molar-refractivity contribution in [2.24, 2.45) is 0 Å². The van der Waals surface area contributed by atoms with Gasteiger partial charge in [-0.05, 0) is 38.3 Å². The second kappa shape index (κ2) is 6.78. The number of fused-ring (bicyclic) bond motifs is 1. The molecule has 2 aromatic rings. The van der Waals surface area contributed by atoms with Crippen LogP contribution in [0.2, 0.25) is 0 Å². The number of amides is 1. The Morgan fingerprint density at radius 1 is 1.24 bits per heavy atom. The number of piperidine rings is 1. The number of hydrogen-bond acceptors (Lipinski definition) is 5. The molecule has 2 aliphatic heterocycles. The minimum atomic E-state index is -0.471. The van der Waals surface area contributed by atoms with Crippen LogP contribution in [-0.4, -0.2) is 41.7 Å².